The van der Waals surface area contributed by atoms with E-state index in [0.29, 0.717) is 6.61 Å². The summed E-state index contributed by atoms with van der Waals surface area (Å²) in [6.07, 6.45) is 0.359. The molecule has 2 atom stereocenters. The fourth-order valence-corrected chi connectivity index (χ4v) is 2.52. The molecule has 0 aliphatic heterocycles. The Labute approximate surface area is 141 Å². The predicted octanol–water partition coefficient (Wildman–Crippen LogP) is 1.64. The Morgan fingerprint density at radius 3 is 2.54 bits per heavy atom. The van der Waals surface area contributed by atoms with Crippen LogP contribution in [0.5, 0.6) is 0 Å². The van der Waals surface area contributed by atoms with Crippen molar-refractivity contribution in [2.24, 2.45) is 5.73 Å². The van der Waals surface area contributed by atoms with Gasteiger partial charge in [0.2, 0.25) is 0 Å². The Bertz CT molecular complexity index is 697. The second kappa shape index (κ2) is 8.31. The van der Waals surface area contributed by atoms with Crippen LogP contribution in [0.15, 0.2) is 11.6 Å². The molecule has 0 aromatic carbocycles. The summed E-state index contributed by atoms with van der Waals surface area (Å²) in [5.41, 5.74) is 7.48. The van der Waals surface area contributed by atoms with Gasteiger partial charge in [0.25, 0.3) is 5.91 Å². The van der Waals surface area contributed by atoms with Gasteiger partial charge in [-0.05, 0) is 45.4 Å². The SMILES string of the molecule is COC[C@@H](C)n1c(C)cc(/C=C(\C#N)C(=O)O[C@H](C)C(N)=O)c1C. The van der Waals surface area contributed by atoms with Crippen LogP contribution in [-0.4, -0.2) is 36.3 Å². The Morgan fingerprint density at radius 2 is 2.04 bits per heavy atom. The van der Waals surface area contributed by atoms with Crippen molar-refractivity contribution in [3.63, 3.8) is 0 Å². The number of hydrogen-bond acceptors (Lipinski definition) is 5. The van der Waals surface area contributed by atoms with Crippen molar-refractivity contribution in [3.8, 4) is 6.07 Å². The van der Waals surface area contributed by atoms with Gasteiger partial charge in [0.1, 0.15) is 11.6 Å². The lowest BCUT2D eigenvalue weighted by molar-refractivity contribution is -0.149. The first kappa shape index (κ1) is 19.5. The van der Waals surface area contributed by atoms with Crippen molar-refractivity contribution in [1.82, 2.24) is 4.57 Å². The average Bonchev–Trinajstić information content (AvgIpc) is 2.78. The molecule has 1 aromatic heterocycles. The number of ether oxygens (including phenoxy) is 2. The van der Waals surface area contributed by atoms with Gasteiger partial charge < -0.3 is 19.8 Å². The molecule has 0 fully saturated rings. The zero-order valence-corrected chi connectivity index (χ0v) is 14.6. The summed E-state index contributed by atoms with van der Waals surface area (Å²) in [4.78, 5) is 23.0. The van der Waals surface area contributed by atoms with Gasteiger partial charge in [-0.25, -0.2) is 4.79 Å². The third kappa shape index (κ3) is 4.46. The van der Waals surface area contributed by atoms with Gasteiger partial charge in [-0.2, -0.15) is 5.26 Å². The van der Waals surface area contributed by atoms with Crippen LogP contribution in [0.2, 0.25) is 0 Å². The Morgan fingerprint density at radius 1 is 1.42 bits per heavy atom. The summed E-state index contributed by atoms with van der Waals surface area (Å²) < 4.78 is 12.1. The van der Waals surface area contributed by atoms with Crippen molar-refractivity contribution in [3.05, 3.63) is 28.6 Å². The first-order chi connectivity index (χ1) is 11.2. The van der Waals surface area contributed by atoms with Crippen molar-refractivity contribution in [2.75, 3.05) is 13.7 Å². The van der Waals surface area contributed by atoms with E-state index in [1.54, 1.807) is 13.2 Å². The molecule has 0 aliphatic carbocycles. The third-order valence-electron chi connectivity index (χ3n) is 3.70. The van der Waals surface area contributed by atoms with Crippen LogP contribution < -0.4 is 5.73 Å². The van der Waals surface area contributed by atoms with Gasteiger partial charge in [-0.3, -0.25) is 4.79 Å². The molecule has 7 heteroatoms. The van der Waals surface area contributed by atoms with Crippen LogP contribution >= 0.6 is 0 Å². The molecule has 0 spiro atoms. The van der Waals surface area contributed by atoms with Crippen LogP contribution in [0.25, 0.3) is 6.08 Å². The highest BCUT2D eigenvalue weighted by Crippen LogP contribution is 2.23. The van der Waals surface area contributed by atoms with E-state index in [-0.39, 0.29) is 11.6 Å². The minimum atomic E-state index is -1.09. The summed E-state index contributed by atoms with van der Waals surface area (Å²) >= 11 is 0. The monoisotopic (exact) mass is 333 g/mol. The van der Waals surface area contributed by atoms with Gasteiger partial charge in [0.15, 0.2) is 6.10 Å². The fraction of sp³-hybridized carbons (Fsp3) is 0.471. The maximum Gasteiger partial charge on any atom is 0.349 e. The lowest BCUT2D eigenvalue weighted by Crippen LogP contribution is -2.30. The molecule has 7 nitrogen and oxygen atoms in total. The van der Waals surface area contributed by atoms with Gasteiger partial charge in [0.05, 0.1) is 12.6 Å². The third-order valence-corrected chi connectivity index (χ3v) is 3.70. The normalized spacial score (nSPS) is 13.9. The first-order valence-electron chi connectivity index (χ1n) is 7.52. The highest BCUT2D eigenvalue weighted by molar-refractivity contribution is 5.99. The molecule has 0 aliphatic rings. The number of esters is 1. The van der Waals surface area contributed by atoms with E-state index < -0.39 is 18.0 Å². The lowest BCUT2D eigenvalue weighted by Gasteiger charge is -2.17. The molecule has 1 heterocycles. The molecule has 1 amide bonds. The number of methoxy groups -OCH3 is 1. The number of nitriles is 1. The molecule has 2 N–H and O–H groups in total. The van der Waals surface area contributed by atoms with Crippen LogP contribution in [0, 0.1) is 25.2 Å². The van der Waals surface area contributed by atoms with Crippen LogP contribution in [0.3, 0.4) is 0 Å². The van der Waals surface area contributed by atoms with E-state index in [4.69, 9.17) is 15.2 Å². The lowest BCUT2D eigenvalue weighted by atomic mass is 10.1. The minimum Gasteiger partial charge on any atom is -0.448 e. The van der Waals surface area contributed by atoms with E-state index in [0.717, 1.165) is 17.0 Å². The number of amides is 1. The Balaban J connectivity index is 3.14. The fourth-order valence-electron chi connectivity index (χ4n) is 2.52. The summed E-state index contributed by atoms with van der Waals surface area (Å²) in [6, 6.07) is 3.80. The van der Waals surface area contributed by atoms with E-state index in [2.05, 4.69) is 4.57 Å². The first-order valence-corrected chi connectivity index (χ1v) is 7.52. The Kier molecular flexibility index (Phi) is 6.74. The number of nitrogens with zero attached hydrogens (tertiary/aromatic N) is 2. The quantitative estimate of drug-likeness (QED) is 0.463. The van der Waals surface area contributed by atoms with E-state index in [1.165, 1.54) is 13.0 Å². The highest BCUT2D eigenvalue weighted by Gasteiger charge is 2.20. The molecule has 1 aromatic rings. The number of aryl methyl sites for hydroxylation is 1. The average molecular weight is 333 g/mol. The molecule has 0 unspecified atom stereocenters. The largest absolute Gasteiger partial charge is 0.448 e. The zero-order chi connectivity index (χ0) is 18.4. The molecular weight excluding hydrogens is 310 g/mol. The Hall–Kier alpha value is -2.59. The molecular formula is C17H23N3O4. The smallest absolute Gasteiger partial charge is 0.349 e. The number of rotatable bonds is 7. The number of aromatic nitrogens is 1. The molecule has 130 valence electrons. The van der Waals surface area contributed by atoms with Crippen LogP contribution in [0.4, 0.5) is 0 Å². The van der Waals surface area contributed by atoms with Gasteiger partial charge in [0, 0.05) is 18.5 Å². The topological polar surface area (TPSA) is 107 Å². The number of carbonyl (C=O) groups is 2. The number of carbonyl (C=O) groups excluding carboxylic acids is 2. The highest BCUT2D eigenvalue weighted by atomic mass is 16.5. The molecule has 0 saturated heterocycles. The number of primary amides is 1. The predicted molar refractivity (Wildman–Crippen MR) is 88.8 cm³/mol. The number of nitrogens with two attached hydrogens (primary N) is 1. The van der Waals surface area contributed by atoms with Gasteiger partial charge in [-0.1, -0.05) is 0 Å². The molecule has 0 radical (unpaired) electrons. The standard InChI is InChI=1S/C17H23N3O4/c1-10-6-14(12(3)20(10)11(2)9-23-5)7-15(8-18)17(22)24-13(4)16(19)21/h6-7,11,13H,9H2,1-5H3,(H2,19,21)/b15-7+/t11-,13-/m1/s1. The van der Waals surface area contributed by atoms with Crippen LogP contribution in [-0.2, 0) is 19.1 Å². The molecule has 1 rings (SSSR count). The van der Waals surface area contributed by atoms with Gasteiger partial charge in [-0.15, -0.1) is 0 Å². The van der Waals surface area contributed by atoms with E-state index in [1.807, 2.05) is 26.8 Å². The summed E-state index contributed by atoms with van der Waals surface area (Å²) in [5, 5.41) is 9.21. The van der Waals surface area contributed by atoms with E-state index in [9.17, 15) is 14.9 Å². The summed E-state index contributed by atoms with van der Waals surface area (Å²) in [7, 11) is 1.63. The van der Waals surface area contributed by atoms with Crippen molar-refractivity contribution in [1.29, 1.82) is 5.26 Å². The van der Waals surface area contributed by atoms with Crippen molar-refractivity contribution < 1.29 is 19.1 Å². The summed E-state index contributed by atoms with van der Waals surface area (Å²) in [6.45, 7) is 7.76. The maximum atomic E-state index is 12.0. The second-order valence-electron chi connectivity index (χ2n) is 5.62. The van der Waals surface area contributed by atoms with Crippen LogP contribution in [0.1, 0.15) is 36.8 Å². The van der Waals surface area contributed by atoms with Crippen molar-refractivity contribution in [2.45, 2.75) is 39.8 Å². The number of hydrogen-bond donors (Lipinski definition) is 1. The summed E-state index contributed by atoms with van der Waals surface area (Å²) in [5.74, 6) is -1.65. The maximum absolute atomic E-state index is 12.0. The minimum absolute atomic E-state index is 0.115. The molecule has 0 saturated carbocycles. The van der Waals surface area contributed by atoms with Crippen molar-refractivity contribution >= 4 is 18.0 Å². The van der Waals surface area contributed by atoms with Gasteiger partial charge >= 0.3 is 5.97 Å². The zero-order valence-electron chi connectivity index (χ0n) is 14.6. The molecule has 24 heavy (non-hydrogen) atoms. The van der Waals surface area contributed by atoms with E-state index >= 15 is 0 Å². The molecule has 0 bridgehead atoms. The second-order valence-corrected chi connectivity index (χ2v) is 5.62.